The molecular weight excluding hydrogens is 244 g/mol. The first-order valence-corrected chi connectivity index (χ1v) is 6.52. The van der Waals surface area contributed by atoms with E-state index in [1.807, 2.05) is 12.1 Å². The van der Waals surface area contributed by atoms with Gasteiger partial charge in [-0.05, 0) is 37.1 Å². The molecule has 1 aliphatic heterocycles. The molecule has 0 spiro atoms. The molecule has 2 nitrogen and oxygen atoms in total. The zero-order valence-corrected chi connectivity index (χ0v) is 10.2. The zero-order chi connectivity index (χ0) is 12.1. The van der Waals surface area contributed by atoms with E-state index >= 15 is 0 Å². The predicted molar refractivity (Wildman–Crippen MR) is 65.8 cm³/mol. The molecule has 94 valence electrons. The summed E-state index contributed by atoms with van der Waals surface area (Å²) in [6.07, 6.45) is 2.49. The van der Waals surface area contributed by atoms with Crippen LogP contribution in [0.1, 0.15) is 12.8 Å². The fraction of sp³-hybridized carbons (Fsp3) is 0.500. The highest BCUT2D eigenvalue weighted by molar-refractivity contribution is 7.99. The van der Waals surface area contributed by atoms with E-state index in [0.29, 0.717) is 16.7 Å². The first-order chi connectivity index (χ1) is 8.24. The van der Waals surface area contributed by atoms with Gasteiger partial charge >= 0.3 is 0 Å². The standard InChI is InChI=1S/C12H15F2NOS/c13-12(14)17-11-5-3-9(4-6-11)15-8-10-2-1-7-16-10/h3-6,10,12,15H,1-2,7-8H2. The highest BCUT2D eigenvalue weighted by Crippen LogP contribution is 2.26. The van der Waals surface area contributed by atoms with Crippen molar-refractivity contribution in [3.8, 4) is 0 Å². The number of hydrogen-bond donors (Lipinski definition) is 1. The van der Waals surface area contributed by atoms with Crippen molar-refractivity contribution >= 4 is 17.4 Å². The summed E-state index contributed by atoms with van der Waals surface area (Å²) in [5, 5.41) is 3.25. The average Bonchev–Trinajstić information content (AvgIpc) is 2.80. The Kier molecular flexibility index (Phi) is 4.62. The van der Waals surface area contributed by atoms with Crippen LogP contribution in [0, 0.1) is 0 Å². The van der Waals surface area contributed by atoms with Crippen LogP contribution in [-0.4, -0.2) is 25.0 Å². The topological polar surface area (TPSA) is 21.3 Å². The summed E-state index contributed by atoms with van der Waals surface area (Å²) in [5.74, 6) is -2.36. The third-order valence-electron chi connectivity index (χ3n) is 2.64. The van der Waals surface area contributed by atoms with Crippen LogP contribution in [0.2, 0.25) is 0 Å². The Bertz CT molecular complexity index is 339. The second kappa shape index (κ2) is 6.21. The van der Waals surface area contributed by atoms with Gasteiger partial charge in [-0.3, -0.25) is 0 Å². The van der Waals surface area contributed by atoms with Crippen molar-refractivity contribution in [1.29, 1.82) is 0 Å². The van der Waals surface area contributed by atoms with Crippen LogP contribution in [0.25, 0.3) is 0 Å². The van der Waals surface area contributed by atoms with E-state index in [9.17, 15) is 8.78 Å². The smallest absolute Gasteiger partial charge is 0.288 e. The molecule has 1 aliphatic rings. The average molecular weight is 259 g/mol. The SMILES string of the molecule is FC(F)Sc1ccc(NCC2CCCO2)cc1. The Balaban J connectivity index is 1.80. The molecule has 1 unspecified atom stereocenters. The van der Waals surface area contributed by atoms with Crippen molar-refractivity contribution in [3.05, 3.63) is 24.3 Å². The van der Waals surface area contributed by atoms with Gasteiger partial charge in [0.2, 0.25) is 0 Å². The Morgan fingerprint density at radius 1 is 1.35 bits per heavy atom. The third-order valence-corrected chi connectivity index (χ3v) is 3.36. The lowest BCUT2D eigenvalue weighted by Gasteiger charge is -2.12. The molecule has 1 heterocycles. The molecule has 0 amide bonds. The van der Waals surface area contributed by atoms with Crippen molar-refractivity contribution in [2.75, 3.05) is 18.5 Å². The van der Waals surface area contributed by atoms with Crippen molar-refractivity contribution in [3.63, 3.8) is 0 Å². The summed E-state index contributed by atoms with van der Waals surface area (Å²) in [4.78, 5) is 0.586. The molecule has 1 fully saturated rings. The number of nitrogens with one attached hydrogen (secondary N) is 1. The monoisotopic (exact) mass is 259 g/mol. The van der Waals surface area contributed by atoms with Gasteiger partial charge in [0.05, 0.1) is 6.10 Å². The van der Waals surface area contributed by atoms with Crippen LogP contribution in [0.15, 0.2) is 29.2 Å². The molecule has 1 saturated heterocycles. The van der Waals surface area contributed by atoms with Crippen LogP contribution >= 0.6 is 11.8 Å². The molecule has 0 aromatic heterocycles. The van der Waals surface area contributed by atoms with Gasteiger partial charge in [0, 0.05) is 23.7 Å². The number of rotatable bonds is 5. The molecule has 0 aliphatic carbocycles. The highest BCUT2D eigenvalue weighted by Gasteiger charge is 2.14. The van der Waals surface area contributed by atoms with Gasteiger partial charge in [-0.15, -0.1) is 0 Å². The maximum atomic E-state index is 12.1. The quantitative estimate of drug-likeness (QED) is 0.816. The first-order valence-electron chi connectivity index (χ1n) is 5.64. The largest absolute Gasteiger partial charge is 0.382 e. The van der Waals surface area contributed by atoms with E-state index < -0.39 is 5.76 Å². The van der Waals surface area contributed by atoms with Crippen LogP contribution in [-0.2, 0) is 4.74 Å². The molecular formula is C12H15F2NOS. The minimum absolute atomic E-state index is 0.283. The first kappa shape index (κ1) is 12.6. The van der Waals surface area contributed by atoms with Gasteiger partial charge in [0.15, 0.2) is 0 Å². The summed E-state index contributed by atoms with van der Waals surface area (Å²) < 4.78 is 29.7. The van der Waals surface area contributed by atoms with Crippen molar-refractivity contribution in [2.45, 2.75) is 29.6 Å². The number of halogens is 2. The van der Waals surface area contributed by atoms with Crippen LogP contribution in [0.3, 0.4) is 0 Å². The molecule has 0 bridgehead atoms. The lowest BCUT2D eigenvalue weighted by molar-refractivity contribution is 0.120. The number of hydrogen-bond acceptors (Lipinski definition) is 3. The van der Waals surface area contributed by atoms with Gasteiger partial charge in [-0.1, -0.05) is 11.8 Å². The third kappa shape index (κ3) is 4.16. The van der Waals surface area contributed by atoms with E-state index in [1.54, 1.807) is 12.1 Å². The molecule has 5 heteroatoms. The van der Waals surface area contributed by atoms with E-state index in [0.717, 1.165) is 31.7 Å². The summed E-state index contributed by atoms with van der Waals surface area (Å²) in [6, 6.07) is 7.04. The molecule has 2 rings (SSSR count). The fourth-order valence-corrected chi connectivity index (χ4v) is 2.29. The van der Waals surface area contributed by atoms with Crippen LogP contribution in [0.4, 0.5) is 14.5 Å². The predicted octanol–water partition coefficient (Wildman–Crippen LogP) is 3.59. The second-order valence-electron chi connectivity index (χ2n) is 3.92. The Morgan fingerprint density at radius 3 is 2.71 bits per heavy atom. The normalized spacial score (nSPS) is 19.8. The van der Waals surface area contributed by atoms with Crippen molar-refractivity contribution < 1.29 is 13.5 Å². The van der Waals surface area contributed by atoms with E-state index in [2.05, 4.69) is 5.32 Å². The number of alkyl halides is 2. The summed E-state index contributed by atoms with van der Waals surface area (Å²) in [7, 11) is 0. The highest BCUT2D eigenvalue weighted by atomic mass is 32.2. The second-order valence-corrected chi connectivity index (χ2v) is 4.98. The maximum Gasteiger partial charge on any atom is 0.288 e. The minimum atomic E-state index is -2.36. The molecule has 1 atom stereocenters. The minimum Gasteiger partial charge on any atom is -0.382 e. The zero-order valence-electron chi connectivity index (χ0n) is 9.36. The summed E-state index contributed by atoms with van der Waals surface area (Å²) in [5.41, 5.74) is 0.944. The Labute approximate surface area is 104 Å². The van der Waals surface area contributed by atoms with Gasteiger partial charge in [0.1, 0.15) is 0 Å². The fourth-order valence-electron chi connectivity index (χ4n) is 1.79. The van der Waals surface area contributed by atoms with Crippen molar-refractivity contribution in [1.82, 2.24) is 0 Å². The molecule has 0 radical (unpaired) electrons. The molecule has 1 aromatic rings. The summed E-state index contributed by atoms with van der Waals surface area (Å²) in [6.45, 7) is 1.62. The maximum absolute atomic E-state index is 12.1. The molecule has 0 saturated carbocycles. The van der Waals surface area contributed by atoms with Crippen LogP contribution in [0.5, 0.6) is 0 Å². The lowest BCUT2D eigenvalue weighted by Crippen LogP contribution is -2.18. The van der Waals surface area contributed by atoms with E-state index in [-0.39, 0.29) is 6.10 Å². The number of anilines is 1. The number of thioether (sulfide) groups is 1. The number of benzene rings is 1. The van der Waals surface area contributed by atoms with Gasteiger partial charge in [0.25, 0.3) is 5.76 Å². The summed E-state index contributed by atoms with van der Waals surface area (Å²) >= 11 is 0.565. The Hall–Kier alpha value is -0.810. The van der Waals surface area contributed by atoms with Crippen molar-refractivity contribution in [2.24, 2.45) is 0 Å². The molecule has 1 aromatic carbocycles. The van der Waals surface area contributed by atoms with Gasteiger partial charge < -0.3 is 10.1 Å². The lowest BCUT2D eigenvalue weighted by atomic mass is 10.2. The van der Waals surface area contributed by atoms with Gasteiger partial charge in [-0.2, -0.15) is 8.78 Å². The van der Waals surface area contributed by atoms with E-state index in [4.69, 9.17) is 4.74 Å². The Morgan fingerprint density at radius 2 is 2.12 bits per heavy atom. The molecule has 1 N–H and O–H groups in total. The number of ether oxygens (including phenoxy) is 1. The van der Waals surface area contributed by atoms with E-state index in [1.165, 1.54) is 0 Å². The van der Waals surface area contributed by atoms with Crippen LogP contribution < -0.4 is 5.32 Å². The van der Waals surface area contributed by atoms with Gasteiger partial charge in [-0.25, -0.2) is 0 Å². The molecule has 17 heavy (non-hydrogen) atoms.